The van der Waals surface area contributed by atoms with Crippen molar-refractivity contribution in [1.82, 2.24) is 15.5 Å². The minimum absolute atomic E-state index is 0.0109. The van der Waals surface area contributed by atoms with Crippen LogP contribution in [-0.4, -0.2) is 45.5 Å². The molecule has 0 heterocycles. The lowest BCUT2D eigenvalue weighted by molar-refractivity contribution is 0.0951. The number of phenols is 1. The predicted octanol–water partition coefficient (Wildman–Crippen LogP) is 0.782. The summed E-state index contributed by atoms with van der Waals surface area (Å²) in [4.78, 5) is 30.2. The molecule has 10 heteroatoms. The van der Waals surface area contributed by atoms with E-state index < -0.39 is 10.0 Å². The van der Waals surface area contributed by atoms with Gasteiger partial charge in [-0.15, -0.1) is 0 Å². The van der Waals surface area contributed by atoms with Gasteiger partial charge in [-0.05, 0) is 48.9 Å². The number of rotatable bonds is 9. The van der Waals surface area contributed by atoms with Gasteiger partial charge in [0.1, 0.15) is 5.75 Å². The Morgan fingerprint density at radius 1 is 0.964 bits per heavy atom. The monoisotopic (exact) mass is 407 g/mol. The van der Waals surface area contributed by atoms with E-state index in [9.17, 15) is 23.1 Å². The fraction of sp³-hybridized carbons (Fsp3) is 0.222. The lowest BCUT2D eigenvalue weighted by Gasteiger charge is -2.08. The second-order valence-electron chi connectivity index (χ2n) is 5.73. The van der Waals surface area contributed by atoms with E-state index >= 15 is 0 Å². The number of sulfonamides is 1. The zero-order valence-electron chi connectivity index (χ0n) is 15.1. The molecule has 0 saturated heterocycles. The van der Waals surface area contributed by atoms with E-state index in [0.29, 0.717) is 30.6 Å². The van der Waals surface area contributed by atoms with Gasteiger partial charge in [0.05, 0.1) is 12.0 Å². The normalized spacial score (nSPS) is 11.0. The molecule has 0 fully saturated rings. The summed E-state index contributed by atoms with van der Waals surface area (Å²) in [5.41, 5.74) is 0.655. The highest BCUT2D eigenvalue weighted by molar-refractivity contribution is 7.89. The number of carbonyl (C=O) groups excluding carboxylic acids is 2. The first-order chi connectivity index (χ1) is 13.3. The van der Waals surface area contributed by atoms with Gasteiger partial charge in [0.2, 0.25) is 0 Å². The lowest BCUT2D eigenvalue weighted by atomic mass is 10.2. The zero-order chi connectivity index (χ0) is 20.6. The summed E-state index contributed by atoms with van der Waals surface area (Å²) in [5.74, 6) is -0.664. The molecule has 9 nitrogen and oxygen atoms in total. The van der Waals surface area contributed by atoms with E-state index in [1.165, 1.54) is 43.5 Å². The van der Waals surface area contributed by atoms with Crippen LogP contribution in [0.3, 0.4) is 0 Å². The van der Waals surface area contributed by atoms with E-state index in [0.717, 1.165) is 0 Å². The van der Waals surface area contributed by atoms with Gasteiger partial charge in [-0.25, -0.2) is 8.42 Å². The van der Waals surface area contributed by atoms with Crippen LogP contribution in [0, 0.1) is 0 Å². The van der Waals surface area contributed by atoms with Gasteiger partial charge < -0.3 is 15.7 Å². The highest BCUT2D eigenvalue weighted by atomic mass is 32.2. The molecule has 2 rings (SSSR count). The quantitative estimate of drug-likeness (QED) is 0.359. The molecular formula is C18H21N3O6S. The Hall–Kier alpha value is -2.95. The van der Waals surface area contributed by atoms with Crippen molar-refractivity contribution >= 4 is 21.8 Å². The van der Waals surface area contributed by atoms with Crippen molar-refractivity contribution in [1.29, 1.82) is 0 Å². The summed E-state index contributed by atoms with van der Waals surface area (Å²) in [6.45, 7) is 0.666. The molecule has 0 spiro atoms. The second-order valence-corrected chi connectivity index (χ2v) is 7.38. The third kappa shape index (κ3) is 6.05. The number of aromatic hydroxyl groups is 1. The number of amides is 2. The van der Waals surface area contributed by atoms with Gasteiger partial charge in [0.25, 0.3) is 21.8 Å². The van der Waals surface area contributed by atoms with E-state index in [1.807, 2.05) is 4.89 Å². The van der Waals surface area contributed by atoms with Crippen molar-refractivity contribution in [2.24, 2.45) is 0 Å². The molecule has 0 bridgehead atoms. The maximum Gasteiger partial charge on any atom is 0.262 e. The Morgan fingerprint density at radius 2 is 1.57 bits per heavy atom. The zero-order valence-corrected chi connectivity index (χ0v) is 16.0. The number of phenolic OH excluding ortho intramolecular Hbond substituents is 1. The summed E-state index contributed by atoms with van der Waals surface area (Å²) in [6, 6.07) is 11.4. The molecule has 0 unspecified atom stereocenters. The molecule has 0 aliphatic rings. The molecule has 2 aromatic rings. The summed E-state index contributed by atoms with van der Waals surface area (Å²) in [6.07, 6.45) is 0.501. The lowest BCUT2D eigenvalue weighted by Crippen LogP contribution is -2.30. The van der Waals surface area contributed by atoms with E-state index in [4.69, 9.17) is 0 Å². The van der Waals surface area contributed by atoms with Crippen LogP contribution in [0.2, 0.25) is 0 Å². The Morgan fingerprint density at radius 3 is 2.14 bits per heavy atom. The minimum atomic E-state index is -3.77. The van der Waals surface area contributed by atoms with Gasteiger partial charge in [0, 0.05) is 24.2 Å². The second kappa shape index (κ2) is 9.83. The summed E-state index contributed by atoms with van der Waals surface area (Å²) in [5, 5.41) is 14.7. The van der Waals surface area contributed by atoms with Crippen molar-refractivity contribution < 1.29 is 28.0 Å². The standard InChI is InChI=1S/C18H21N3O6S/c1-27-21-28(25,26)16-8-6-13(7-9-16)17(23)19-10-3-11-20-18(24)14-4-2-5-15(22)12-14/h2,4-9,12,21-22H,3,10-11H2,1H3,(H,19,23)(H,20,24). The van der Waals surface area contributed by atoms with Gasteiger partial charge in [0.15, 0.2) is 0 Å². The van der Waals surface area contributed by atoms with E-state index in [1.54, 1.807) is 12.1 Å². The minimum Gasteiger partial charge on any atom is -0.508 e. The molecule has 28 heavy (non-hydrogen) atoms. The van der Waals surface area contributed by atoms with Crippen LogP contribution < -0.4 is 15.5 Å². The van der Waals surface area contributed by atoms with Gasteiger partial charge in [-0.3, -0.25) is 14.4 Å². The molecule has 2 aromatic carbocycles. The van der Waals surface area contributed by atoms with Gasteiger partial charge in [-0.1, -0.05) is 11.0 Å². The molecular weight excluding hydrogens is 386 g/mol. The molecule has 0 saturated carbocycles. The summed E-state index contributed by atoms with van der Waals surface area (Å²) >= 11 is 0. The van der Waals surface area contributed by atoms with Crippen LogP contribution in [0.5, 0.6) is 5.75 Å². The molecule has 4 N–H and O–H groups in total. The van der Waals surface area contributed by atoms with Crippen LogP contribution in [0.15, 0.2) is 53.4 Å². The van der Waals surface area contributed by atoms with Crippen LogP contribution >= 0.6 is 0 Å². The fourth-order valence-electron chi connectivity index (χ4n) is 2.29. The van der Waals surface area contributed by atoms with E-state index in [2.05, 4.69) is 15.5 Å². The predicted molar refractivity (Wildman–Crippen MR) is 101 cm³/mol. The van der Waals surface area contributed by atoms with E-state index in [-0.39, 0.29) is 22.5 Å². The van der Waals surface area contributed by atoms with Gasteiger partial charge in [-0.2, -0.15) is 0 Å². The van der Waals surface area contributed by atoms with Crippen molar-refractivity contribution in [3.05, 3.63) is 59.7 Å². The highest BCUT2D eigenvalue weighted by Gasteiger charge is 2.14. The molecule has 150 valence electrons. The average molecular weight is 407 g/mol. The molecule has 2 amide bonds. The van der Waals surface area contributed by atoms with Crippen LogP contribution in [0.1, 0.15) is 27.1 Å². The molecule has 0 radical (unpaired) electrons. The molecule has 0 aliphatic heterocycles. The molecule has 0 aliphatic carbocycles. The largest absolute Gasteiger partial charge is 0.508 e. The van der Waals surface area contributed by atoms with Crippen molar-refractivity contribution in [2.45, 2.75) is 11.3 Å². The SMILES string of the molecule is CONS(=O)(=O)c1ccc(C(=O)NCCCNC(=O)c2cccc(O)c2)cc1. The maximum absolute atomic E-state index is 12.1. The average Bonchev–Trinajstić information content (AvgIpc) is 2.67. The first-order valence-electron chi connectivity index (χ1n) is 8.34. The third-order valence-electron chi connectivity index (χ3n) is 3.65. The van der Waals surface area contributed by atoms with Gasteiger partial charge >= 0.3 is 0 Å². The summed E-state index contributed by atoms with van der Waals surface area (Å²) < 4.78 is 23.5. The number of benzene rings is 2. The Bertz CT molecular complexity index is 929. The number of carbonyl (C=O) groups is 2. The topological polar surface area (TPSA) is 134 Å². The molecule has 0 atom stereocenters. The number of nitrogens with one attached hydrogen (secondary N) is 3. The first-order valence-corrected chi connectivity index (χ1v) is 9.82. The number of hydrogen-bond donors (Lipinski definition) is 4. The van der Waals surface area contributed by atoms with Crippen LogP contribution in [0.25, 0.3) is 0 Å². The third-order valence-corrected chi connectivity index (χ3v) is 4.93. The van der Waals surface area contributed by atoms with Crippen LogP contribution in [-0.2, 0) is 14.9 Å². The maximum atomic E-state index is 12.1. The van der Waals surface area contributed by atoms with Crippen molar-refractivity contribution in [2.75, 3.05) is 20.2 Å². The highest BCUT2D eigenvalue weighted by Crippen LogP contribution is 2.11. The Kier molecular flexibility index (Phi) is 7.50. The fourth-order valence-corrected chi connectivity index (χ4v) is 3.10. The Balaban J connectivity index is 1.76. The number of hydrogen-bond acceptors (Lipinski definition) is 6. The summed E-state index contributed by atoms with van der Waals surface area (Å²) in [7, 11) is -2.58. The van der Waals surface area contributed by atoms with Crippen LogP contribution in [0.4, 0.5) is 0 Å². The van der Waals surface area contributed by atoms with Crippen molar-refractivity contribution in [3.63, 3.8) is 0 Å². The first kappa shape index (κ1) is 21.4. The smallest absolute Gasteiger partial charge is 0.262 e. The van der Waals surface area contributed by atoms with Crippen molar-refractivity contribution in [3.8, 4) is 5.75 Å². The Labute approximate surface area is 162 Å². The molecule has 0 aromatic heterocycles.